The van der Waals surface area contributed by atoms with Crippen molar-refractivity contribution in [2.24, 2.45) is 0 Å². The molecule has 4 nitrogen and oxygen atoms in total. The Bertz CT molecular complexity index is 382. The maximum Gasteiger partial charge on any atom is 0.129 e. The third kappa shape index (κ3) is 3.84. The van der Waals surface area contributed by atoms with E-state index in [0.29, 0.717) is 19.3 Å². The van der Waals surface area contributed by atoms with Gasteiger partial charge in [-0.25, -0.2) is 0 Å². The van der Waals surface area contributed by atoms with Gasteiger partial charge in [0.2, 0.25) is 0 Å². The highest BCUT2D eigenvalue weighted by Crippen LogP contribution is 2.34. The molecule has 2 fully saturated rings. The highest BCUT2D eigenvalue weighted by molar-refractivity contribution is 4.96. The number of rotatable bonds is 8. The molecule has 2 aliphatic rings. The summed E-state index contributed by atoms with van der Waals surface area (Å²) in [6.45, 7) is 1.58. The molecule has 0 aliphatic heterocycles. The molecular weight excluding hydrogens is 254 g/mol. The molecule has 20 heavy (non-hydrogen) atoms. The highest BCUT2D eigenvalue weighted by atomic mass is 16.5. The average molecular weight is 279 g/mol. The fraction of sp³-hybridized carbons (Fsp3) is 0.750. The summed E-state index contributed by atoms with van der Waals surface area (Å²) in [6.07, 6.45) is 9.15. The van der Waals surface area contributed by atoms with Gasteiger partial charge >= 0.3 is 0 Å². The van der Waals surface area contributed by atoms with Crippen LogP contribution >= 0.6 is 0 Å². The molecule has 1 unspecified atom stereocenters. The fourth-order valence-electron chi connectivity index (χ4n) is 3.22. The summed E-state index contributed by atoms with van der Waals surface area (Å²) in [6, 6.07) is 5.16. The van der Waals surface area contributed by atoms with E-state index < -0.39 is 6.10 Å². The minimum atomic E-state index is -0.397. The Morgan fingerprint density at radius 3 is 2.65 bits per heavy atom. The number of hydrogen-bond acceptors (Lipinski definition) is 4. The van der Waals surface area contributed by atoms with E-state index in [4.69, 9.17) is 9.15 Å². The van der Waals surface area contributed by atoms with E-state index in [1.165, 1.54) is 38.5 Å². The summed E-state index contributed by atoms with van der Waals surface area (Å²) in [5.41, 5.74) is 0. The van der Waals surface area contributed by atoms with Crippen molar-refractivity contribution in [2.45, 2.75) is 63.3 Å². The van der Waals surface area contributed by atoms with Crippen molar-refractivity contribution in [2.75, 3.05) is 13.2 Å². The van der Waals surface area contributed by atoms with Gasteiger partial charge in [0.15, 0.2) is 0 Å². The van der Waals surface area contributed by atoms with E-state index in [9.17, 15) is 5.11 Å². The number of aliphatic hydroxyl groups is 1. The third-order valence-electron chi connectivity index (χ3n) is 4.37. The summed E-state index contributed by atoms with van der Waals surface area (Å²) < 4.78 is 10.7. The van der Waals surface area contributed by atoms with Crippen molar-refractivity contribution in [1.82, 2.24) is 4.90 Å². The summed E-state index contributed by atoms with van der Waals surface area (Å²) in [7, 11) is 0. The van der Waals surface area contributed by atoms with Crippen LogP contribution < -0.4 is 0 Å². The van der Waals surface area contributed by atoms with Crippen LogP contribution in [0.4, 0.5) is 0 Å². The Morgan fingerprint density at radius 2 is 2.00 bits per heavy atom. The van der Waals surface area contributed by atoms with Crippen LogP contribution in [0.15, 0.2) is 22.8 Å². The summed E-state index contributed by atoms with van der Waals surface area (Å²) in [4.78, 5) is 2.54. The smallest absolute Gasteiger partial charge is 0.129 e. The van der Waals surface area contributed by atoms with E-state index >= 15 is 0 Å². The standard InChI is InChI=1S/C16H25NO3/c18-15(11-19-12-16-6-3-9-20-16)10-17(14-7-8-14)13-4-1-2-5-13/h3,6,9,13-15,18H,1-2,4-5,7-8,10-12H2. The number of furan rings is 1. The van der Waals surface area contributed by atoms with E-state index in [0.717, 1.165) is 18.3 Å². The van der Waals surface area contributed by atoms with Crippen LogP contribution in [0, 0.1) is 0 Å². The molecule has 1 heterocycles. The predicted octanol–water partition coefficient (Wildman–Crippen LogP) is 2.56. The fourth-order valence-corrected chi connectivity index (χ4v) is 3.22. The van der Waals surface area contributed by atoms with Crippen LogP contribution in [0.5, 0.6) is 0 Å². The zero-order valence-corrected chi connectivity index (χ0v) is 12.0. The van der Waals surface area contributed by atoms with Crippen molar-refractivity contribution in [1.29, 1.82) is 0 Å². The molecule has 0 aromatic carbocycles. The number of ether oxygens (including phenoxy) is 1. The second-order valence-corrected chi connectivity index (χ2v) is 6.11. The normalized spacial score (nSPS) is 21.7. The van der Waals surface area contributed by atoms with Gasteiger partial charge in [0.05, 0.1) is 19.0 Å². The molecule has 0 amide bonds. The average Bonchev–Trinajstić information content (AvgIpc) is 2.93. The Morgan fingerprint density at radius 1 is 1.25 bits per heavy atom. The van der Waals surface area contributed by atoms with Crippen molar-refractivity contribution in [3.05, 3.63) is 24.2 Å². The Labute approximate surface area is 120 Å². The van der Waals surface area contributed by atoms with Crippen LogP contribution in [-0.2, 0) is 11.3 Å². The van der Waals surface area contributed by atoms with Crippen molar-refractivity contribution >= 4 is 0 Å². The van der Waals surface area contributed by atoms with Gasteiger partial charge in [0.1, 0.15) is 12.4 Å². The van der Waals surface area contributed by atoms with Crippen molar-refractivity contribution in [3.63, 3.8) is 0 Å². The molecule has 2 saturated carbocycles. The number of hydrogen-bond donors (Lipinski definition) is 1. The molecule has 4 heteroatoms. The van der Waals surface area contributed by atoms with E-state index in [1.807, 2.05) is 12.1 Å². The Hall–Kier alpha value is -0.840. The minimum absolute atomic E-state index is 0.386. The van der Waals surface area contributed by atoms with Gasteiger partial charge in [0, 0.05) is 18.6 Å². The van der Waals surface area contributed by atoms with Gasteiger partial charge < -0.3 is 14.3 Å². The lowest BCUT2D eigenvalue weighted by molar-refractivity contribution is -0.00340. The van der Waals surface area contributed by atoms with Gasteiger partial charge in [-0.05, 0) is 37.8 Å². The van der Waals surface area contributed by atoms with Gasteiger partial charge in [-0.15, -0.1) is 0 Å². The molecule has 2 aliphatic carbocycles. The third-order valence-corrected chi connectivity index (χ3v) is 4.37. The van der Waals surface area contributed by atoms with Crippen LogP contribution in [0.25, 0.3) is 0 Å². The summed E-state index contributed by atoms with van der Waals surface area (Å²) in [5.74, 6) is 0.812. The topological polar surface area (TPSA) is 45.8 Å². The molecule has 112 valence electrons. The van der Waals surface area contributed by atoms with Crippen LogP contribution in [0.3, 0.4) is 0 Å². The lowest BCUT2D eigenvalue weighted by Gasteiger charge is -2.30. The molecule has 3 rings (SSSR count). The first kappa shape index (κ1) is 14.1. The monoisotopic (exact) mass is 279 g/mol. The quantitative estimate of drug-likeness (QED) is 0.794. The molecule has 1 aromatic rings. The second kappa shape index (κ2) is 6.74. The Balaban J connectivity index is 1.40. The first-order valence-electron chi connectivity index (χ1n) is 7.87. The molecule has 0 spiro atoms. The Kier molecular flexibility index (Phi) is 4.76. The van der Waals surface area contributed by atoms with Gasteiger partial charge in [-0.2, -0.15) is 0 Å². The largest absolute Gasteiger partial charge is 0.467 e. The van der Waals surface area contributed by atoms with Gasteiger partial charge in [-0.1, -0.05) is 12.8 Å². The number of nitrogens with zero attached hydrogens (tertiary/aromatic N) is 1. The van der Waals surface area contributed by atoms with Crippen LogP contribution in [-0.4, -0.2) is 41.3 Å². The van der Waals surface area contributed by atoms with Gasteiger partial charge in [0.25, 0.3) is 0 Å². The summed E-state index contributed by atoms with van der Waals surface area (Å²) in [5, 5.41) is 10.2. The lowest BCUT2D eigenvalue weighted by Crippen LogP contribution is -2.42. The van der Waals surface area contributed by atoms with Crippen molar-refractivity contribution in [3.8, 4) is 0 Å². The second-order valence-electron chi connectivity index (χ2n) is 6.11. The maximum atomic E-state index is 10.2. The number of aliphatic hydroxyl groups excluding tert-OH is 1. The van der Waals surface area contributed by atoms with E-state index in [2.05, 4.69) is 4.90 Å². The zero-order chi connectivity index (χ0) is 13.8. The van der Waals surface area contributed by atoms with E-state index in [1.54, 1.807) is 6.26 Å². The first-order valence-corrected chi connectivity index (χ1v) is 7.87. The predicted molar refractivity (Wildman–Crippen MR) is 76.4 cm³/mol. The first-order chi connectivity index (χ1) is 9.83. The van der Waals surface area contributed by atoms with Crippen LogP contribution in [0.1, 0.15) is 44.3 Å². The molecule has 0 bridgehead atoms. The SMILES string of the molecule is OC(COCc1ccco1)CN(C1CCCC1)C1CC1. The molecule has 1 aromatic heterocycles. The molecule has 0 saturated heterocycles. The van der Waals surface area contributed by atoms with E-state index in [-0.39, 0.29) is 0 Å². The molecule has 1 N–H and O–H groups in total. The maximum absolute atomic E-state index is 10.2. The highest BCUT2D eigenvalue weighted by Gasteiger charge is 2.35. The molecule has 0 radical (unpaired) electrons. The zero-order valence-electron chi connectivity index (χ0n) is 12.0. The molecular formula is C16H25NO3. The molecule has 1 atom stereocenters. The van der Waals surface area contributed by atoms with Crippen LogP contribution in [0.2, 0.25) is 0 Å². The lowest BCUT2D eigenvalue weighted by atomic mass is 10.2. The van der Waals surface area contributed by atoms with Gasteiger partial charge in [-0.3, -0.25) is 4.90 Å². The summed E-state index contributed by atoms with van der Waals surface area (Å²) >= 11 is 0. The van der Waals surface area contributed by atoms with Crippen molar-refractivity contribution < 1.29 is 14.3 Å². The minimum Gasteiger partial charge on any atom is -0.467 e.